The largest absolute Gasteiger partial charge is 0.320 e. The first-order valence-corrected chi connectivity index (χ1v) is 8.64. The van der Waals surface area contributed by atoms with E-state index >= 15 is 0 Å². The number of carbonyl (C=O) groups is 1. The summed E-state index contributed by atoms with van der Waals surface area (Å²) in [4.78, 5) is 13.9. The first kappa shape index (κ1) is 17.6. The van der Waals surface area contributed by atoms with Gasteiger partial charge in [0.05, 0.1) is 0 Å². The third-order valence-electron chi connectivity index (χ3n) is 3.95. The van der Waals surface area contributed by atoms with Crippen LogP contribution in [0.15, 0.2) is 72.8 Å². The summed E-state index contributed by atoms with van der Waals surface area (Å²) in [6.45, 7) is 4.36. The number of hydrogen-bond donors (Lipinski definition) is 1. The van der Waals surface area contributed by atoms with Gasteiger partial charge < -0.3 is 10.2 Å². The standard InChI is InChI=1S/C21H22N4O/c1-16(2)21(26)22-19-13-14-20(24-23-19)25(18-11-7-4-8-12-18)15-17-9-5-3-6-10-17/h3-14,16H,15H2,1-2H3,(H,22,23,26). The zero-order valence-corrected chi connectivity index (χ0v) is 15.0. The molecule has 0 fully saturated rings. The molecule has 0 bridgehead atoms. The maximum atomic E-state index is 11.8. The van der Waals surface area contributed by atoms with Gasteiger partial charge in [0.2, 0.25) is 5.91 Å². The fraction of sp³-hybridized carbons (Fsp3) is 0.190. The zero-order chi connectivity index (χ0) is 18.4. The number of amides is 1. The van der Waals surface area contributed by atoms with Gasteiger partial charge in [-0.3, -0.25) is 4.79 Å². The van der Waals surface area contributed by atoms with Crippen LogP contribution in [0.4, 0.5) is 17.3 Å². The minimum absolute atomic E-state index is 0.0729. The van der Waals surface area contributed by atoms with Crippen LogP contribution in [0.2, 0.25) is 0 Å². The fourth-order valence-electron chi connectivity index (χ4n) is 2.48. The van der Waals surface area contributed by atoms with Crippen LogP contribution in [0.1, 0.15) is 19.4 Å². The van der Waals surface area contributed by atoms with Crippen LogP contribution in [-0.4, -0.2) is 16.1 Å². The molecule has 5 heteroatoms. The molecule has 0 radical (unpaired) electrons. The topological polar surface area (TPSA) is 58.1 Å². The van der Waals surface area contributed by atoms with Crippen molar-refractivity contribution < 1.29 is 4.79 Å². The molecule has 1 N–H and O–H groups in total. The summed E-state index contributed by atoms with van der Waals surface area (Å²) < 4.78 is 0. The average molecular weight is 346 g/mol. The van der Waals surface area contributed by atoms with Gasteiger partial charge in [0.1, 0.15) is 0 Å². The van der Waals surface area contributed by atoms with E-state index in [0.29, 0.717) is 12.4 Å². The molecule has 0 saturated carbocycles. The van der Waals surface area contributed by atoms with Gasteiger partial charge in [-0.15, -0.1) is 10.2 Å². The summed E-state index contributed by atoms with van der Waals surface area (Å²) in [5.74, 6) is 1.01. The first-order chi connectivity index (χ1) is 12.6. The molecule has 0 atom stereocenters. The minimum atomic E-state index is -0.102. The number of rotatable bonds is 6. The van der Waals surface area contributed by atoms with Crippen molar-refractivity contribution in [3.05, 3.63) is 78.4 Å². The van der Waals surface area contributed by atoms with E-state index in [2.05, 4.69) is 32.5 Å². The second kappa shape index (κ2) is 8.25. The Morgan fingerprint density at radius 2 is 1.58 bits per heavy atom. The third kappa shape index (κ3) is 4.45. The highest BCUT2D eigenvalue weighted by atomic mass is 16.1. The van der Waals surface area contributed by atoms with E-state index in [4.69, 9.17) is 0 Å². The lowest BCUT2D eigenvalue weighted by molar-refractivity contribution is -0.118. The van der Waals surface area contributed by atoms with Crippen molar-refractivity contribution in [3.63, 3.8) is 0 Å². The van der Waals surface area contributed by atoms with Gasteiger partial charge >= 0.3 is 0 Å². The number of para-hydroxylation sites is 1. The van der Waals surface area contributed by atoms with E-state index in [1.807, 2.05) is 68.4 Å². The van der Waals surface area contributed by atoms with Crippen molar-refractivity contribution in [2.75, 3.05) is 10.2 Å². The van der Waals surface area contributed by atoms with Crippen molar-refractivity contribution in [3.8, 4) is 0 Å². The van der Waals surface area contributed by atoms with Gasteiger partial charge in [-0.2, -0.15) is 0 Å². The summed E-state index contributed by atoms with van der Waals surface area (Å²) >= 11 is 0. The number of anilines is 3. The van der Waals surface area contributed by atoms with Crippen LogP contribution >= 0.6 is 0 Å². The lowest BCUT2D eigenvalue weighted by Gasteiger charge is -2.23. The molecule has 5 nitrogen and oxygen atoms in total. The molecule has 3 aromatic rings. The van der Waals surface area contributed by atoms with Crippen LogP contribution in [-0.2, 0) is 11.3 Å². The molecule has 1 heterocycles. The van der Waals surface area contributed by atoms with Crippen LogP contribution in [0.25, 0.3) is 0 Å². The maximum Gasteiger partial charge on any atom is 0.228 e. The van der Waals surface area contributed by atoms with Gasteiger partial charge in [0.25, 0.3) is 0 Å². The second-order valence-corrected chi connectivity index (χ2v) is 6.33. The highest BCUT2D eigenvalue weighted by Crippen LogP contribution is 2.25. The number of nitrogens with one attached hydrogen (secondary N) is 1. The summed E-state index contributed by atoms with van der Waals surface area (Å²) in [6, 6.07) is 23.9. The fourth-order valence-corrected chi connectivity index (χ4v) is 2.48. The minimum Gasteiger partial charge on any atom is -0.320 e. The first-order valence-electron chi connectivity index (χ1n) is 8.64. The Balaban J connectivity index is 1.86. The van der Waals surface area contributed by atoms with Crippen LogP contribution < -0.4 is 10.2 Å². The van der Waals surface area contributed by atoms with Gasteiger partial charge in [-0.1, -0.05) is 62.4 Å². The summed E-state index contributed by atoms with van der Waals surface area (Å²) in [6.07, 6.45) is 0. The van der Waals surface area contributed by atoms with Crippen LogP contribution in [0.3, 0.4) is 0 Å². The molecule has 1 amide bonds. The molecule has 2 aromatic carbocycles. The maximum absolute atomic E-state index is 11.8. The molecule has 0 spiro atoms. The van der Waals surface area contributed by atoms with Crippen molar-refractivity contribution in [2.24, 2.45) is 5.92 Å². The van der Waals surface area contributed by atoms with Crippen molar-refractivity contribution >= 4 is 23.2 Å². The van der Waals surface area contributed by atoms with Crippen molar-refractivity contribution in [1.29, 1.82) is 0 Å². The number of benzene rings is 2. The quantitative estimate of drug-likeness (QED) is 0.718. The molecule has 0 aliphatic carbocycles. The molecular weight excluding hydrogens is 324 g/mol. The zero-order valence-electron chi connectivity index (χ0n) is 15.0. The van der Waals surface area contributed by atoms with Gasteiger partial charge in [-0.25, -0.2) is 0 Å². The van der Waals surface area contributed by atoms with Gasteiger partial charge in [0.15, 0.2) is 11.6 Å². The van der Waals surface area contributed by atoms with Gasteiger partial charge in [-0.05, 0) is 29.8 Å². The molecular formula is C21H22N4O. The Morgan fingerprint density at radius 1 is 0.923 bits per heavy atom. The lowest BCUT2D eigenvalue weighted by atomic mass is 10.2. The normalized spacial score (nSPS) is 10.6. The Kier molecular flexibility index (Phi) is 5.59. The number of carbonyl (C=O) groups excluding carboxylic acids is 1. The lowest BCUT2D eigenvalue weighted by Crippen LogP contribution is -2.20. The molecule has 26 heavy (non-hydrogen) atoms. The predicted molar refractivity (Wildman–Crippen MR) is 104 cm³/mol. The molecule has 132 valence electrons. The molecule has 1 aromatic heterocycles. The Morgan fingerprint density at radius 3 is 2.15 bits per heavy atom. The van der Waals surface area contributed by atoms with Crippen molar-refractivity contribution in [2.45, 2.75) is 20.4 Å². The third-order valence-corrected chi connectivity index (χ3v) is 3.95. The predicted octanol–water partition coefficient (Wildman–Crippen LogP) is 4.41. The summed E-state index contributed by atoms with van der Waals surface area (Å²) in [5.41, 5.74) is 2.21. The molecule has 0 saturated heterocycles. The highest BCUT2D eigenvalue weighted by molar-refractivity contribution is 5.91. The Hall–Kier alpha value is -3.21. The SMILES string of the molecule is CC(C)C(=O)Nc1ccc(N(Cc2ccccc2)c2ccccc2)nn1. The van der Waals surface area contributed by atoms with E-state index in [1.165, 1.54) is 5.56 Å². The summed E-state index contributed by atoms with van der Waals surface area (Å²) in [5, 5.41) is 11.3. The van der Waals surface area contributed by atoms with E-state index in [1.54, 1.807) is 6.07 Å². The number of nitrogens with zero attached hydrogens (tertiary/aromatic N) is 3. The Labute approximate surface area is 153 Å². The van der Waals surface area contributed by atoms with E-state index in [9.17, 15) is 4.79 Å². The van der Waals surface area contributed by atoms with Crippen LogP contribution in [0.5, 0.6) is 0 Å². The summed E-state index contributed by atoms with van der Waals surface area (Å²) in [7, 11) is 0. The van der Waals surface area contributed by atoms with Gasteiger partial charge in [0, 0.05) is 18.2 Å². The smallest absolute Gasteiger partial charge is 0.228 e. The van der Waals surface area contributed by atoms with E-state index in [-0.39, 0.29) is 11.8 Å². The second-order valence-electron chi connectivity index (χ2n) is 6.33. The monoisotopic (exact) mass is 346 g/mol. The van der Waals surface area contributed by atoms with Crippen LogP contribution in [0, 0.1) is 5.92 Å². The highest BCUT2D eigenvalue weighted by Gasteiger charge is 2.13. The number of aromatic nitrogens is 2. The van der Waals surface area contributed by atoms with E-state index < -0.39 is 0 Å². The average Bonchev–Trinajstić information content (AvgIpc) is 2.68. The van der Waals surface area contributed by atoms with Crippen molar-refractivity contribution in [1.82, 2.24) is 10.2 Å². The molecule has 0 unspecified atom stereocenters. The van der Waals surface area contributed by atoms with E-state index in [0.717, 1.165) is 11.5 Å². The Bertz CT molecular complexity index is 833. The molecule has 3 rings (SSSR count). The molecule has 0 aliphatic heterocycles. The molecule has 0 aliphatic rings. The number of hydrogen-bond acceptors (Lipinski definition) is 4.